The molecule has 0 fully saturated rings. The third kappa shape index (κ3) is 1.60. The van der Waals surface area contributed by atoms with E-state index in [4.69, 9.17) is 16.0 Å². The highest BCUT2D eigenvalue weighted by molar-refractivity contribution is 6.36. The fourth-order valence-corrected chi connectivity index (χ4v) is 2.45. The summed E-state index contributed by atoms with van der Waals surface area (Å²) < 4.78 is 5.47. The summed E-state index contributed by atoms with van der Waals surface area (Å²) in [6, 6.07) is 3.69. The zero-order chi connectivity index (χ0) is 14.6. The lowest BCUT2D eigenvalue weighted by Gasteiger charge is -2.08. The van der Waals surface area contributed by atoms with Crippen LogP contribution < -0.4 is 5.43 Å². The van der Waals surface area contributed by atoms with E-state index >= 15 is 0 Å². The third-order valence-electron chi connectivity index (χ3n) is 3.13. The minimum atomic E-state index is -0.474. The number of fused-ring (bicyclic) bond motifs is 2. The fraction of sp³-hybridized carbons (Fsp3) is 0.0714. The Morgan fingerprint density at radius 2 is 1.75 bits per heavy atom. The molecule has 1 aromatic heterocycles. The van der Waals surface area contributed by atoms with Gasteiger partial charge in [-0.25, -0.2) is 0 Å². The maximum atomic E-state index is 12.5. The second kappa shape index (κ2) is 4.05. The van der Waals surface area contributed by atoms with Crippen LogP contribution in [0.1, 0.15) is 5.56 Å². The molecule has 0 saturated carbocycles. The van der Waals surface area contributed by atoms with Gasteiger partial charge in [0.25, 0.3) is 0 Å². The van der Waals surface area contributed by atoms with Crippen LogP contribution in [-0.4, -0.2) is 15.3 Å². The van der Waals surface area contributed by atoms with Crippen LogP contribution in [0, 0.1) is 6.92 Å². The number of aryl methyl sites for hydroxylation is 1. The van der Waals surface area contributed by atoms with Crippen molar-refractivity contribution >= 4 is 33.5 Å². The molecule has 102 valence electrons. The summed E-state index contributed by atoms with van der Waals surface area (Å²) in [7, 11) is 0. The van der Waals surface area contributed by atoms with Gasteiger partial charge in [-0.05, 0) is 18.6 Å². The highest BCUT2D eigenvalue weighted by atomic mass is 35.5. The van der Waals surface area contributed by atoms with Crippen molar-refractivity contribution in [2.75, 3.05) is 0 Å². The van der Waals surface area contributed by atoms with Gasteiger partial charge in [-0.3, -0.25) is 4.79 Å². The summed E-state index contributed by atoms with van der Waals surface area (Å²) in [5.41, 5.74) is 0.0518. The number of phenols is 3. The number of benzene rings is 2. The molecule has 0 atom stereocenters. The van der Waals surface area contributed by atoms with E-state index in [1.54, 1.807) is 6.92 Å². The van der Waals surface area contributed by atoms with Gasteiger partial charge < -0.3 is 19.7 Å². The molecule has 6 heteroatoms. The predicted octanol–water partition coefficient (Wildman–Crippen LogP) is 3.02. The smallest absolute Gasteiger partial charge is 0.204 e. The van der Waals surface area contributed by atoms with Crippen LogP contribution in [0.5, 0.6) is 17.2 Å². The van der Waals surface area contributed by atoms with E-state index in [9.17, 15) is 20.1 Å². The quantitative estimate of drug-likeness (QED) is 0.554. The lowest BCUT2D eigenvalue weighted by Crippen LogP contribution is -2.04. The molecule has 0 spiro atoms. The number of hydrogen-bond donors (Lipinski definition) is 3. The van der Waals surface area contributed by atoms with Crippen molar-refractivity contribution in [1.29, 1.82) is 0 Å². The maximum absolute atomic E-state index is 12.5. The number of aromatic hydroxyl groups is 3. The Morgan fingerprint density at radius 3 is 2.45 bits per heavy atom. The SMILES string of the molecule is Cc1cc(O)cc2oc3c(Cl)c(O)cc(O)c3c(=O)c12. The Morgan fingerprint density at radius 1 is 1.05 bits per heavy atom. The van der Waals surface area contributed by atoms with Crippen molar-refractivity contribution in [1.82, 2.24) is 0 Å². The normalized spacial score (nSPS) is 11.3. The van der Waals surface area contributed by atoms with Crippen LogP contribution in [0.4, 0.5) is 0 Å². The van der Waals surface area contributed by atoms with E-state index in [2.05, 4.69) is 0 Å². The molecule has 20 heavy (non-hydrogen) atoms. The zero-order valence-electron chi connectivity index (χ0n) is 10.3. The van der Waals surface area contributed by atoms with Crippen molar-refractivity contribution in [3.63, 3.8) is 0 Å². The van der Waals surface area contributed by atoms with Gasteiger partial charge in [0, 0.05) is 12.1 Å². The van der Waals surface area contributed by atoms with Crippen LogP contribution in [0.2, 0.25) is 5.02 Å². The van der Waals surface area contributed by atoms with Crippen LogP contribution >= 0.6 is 11.6 Å². The molecule has 2 aromatic carbocycles. The number of rotatable bonds is 0. The number of halogens is 1. The van der Waals surface area contributed by atoms with E-state index in [-0.39, 0.29) is 32.7 Å². The van der Waals surface area contributed by atoms with Gasteiger partial charge in [0.05, 0.1) is 5.39 Å². The maximum Gasteiger partial charge on any atom is 0.204 e. The Balaban J connectivity index is 2.69. The second-order valence-corrected chi connectivity index (χ2v) is 4.88. The Bertz CT molecular complexity index is 927. The molecule has 3 rings (SSSR count). The summed E-state index contributed by atoms with van der Waals surface area (Å²) in [4.78, 5) is 12.5. The van der Waals surface area contributed by atoms with E-state index in [1.165, 1.54) is 12.1 Å². The highest BCUT2D eigenvalue weighted by Gasteiger charge is 2.18. The molecule has 0 aliphatic carbocycles. The first kappa shape index (κ1) is 12.6. The van der Waals surface area contributed by atoms with Gasteiger partial charge in [0.15, 0.2) is 5.58 Å². The van der Waals surface area contributed by atoms with E-state index in [0.717, 1.165) is 6.07 Å². The molecule has 1 heterocycles. The standard InChI is InChI=1S/C14H9ClO5/c1-5-2-6(16)3-9-10(5)13(19)11-7(17)4-8(18)12(15)14(11)20-9/h2-4,16-18H,1H3. The summed E-state index contributed by atoms with van der Waals surface area (Å²) in [5.74, 6) is -0.862. The van der Waals surface area contributed by atoms with Crippen molar-refractivity contribution in [3.05, 3.63) is 39.0 Å². The molecule has 0 radical (unpaired) electrons. The molecule has 0 unspecified atom stereocenters. The summed E-state index contributed by atoms with van der Waals surface area (Å²) in [6.07, 6.45) is 0. The van der Waals surface area contributed by atoms with Crippen LogP contribution in [0.15, 0.2) is 27.4 Å². The molecule has 3 N–H and O–H groups in total. The van der Waals surface area contributed by atoms with Crippen LogP contribution in [-0.2, 0) is 0 Å². The Kier molecular flexibility index (Phi) is 2.55. The molecule has 0 amide bonds. The van der Waals surface area contributed by atoms with Crippen molar-refractivity contribution < 1.29 is 19.7 Å². The van der Waals surface area contributed by atoms with E-state index < -0.39 is 16.9 Å². The molecule has 3 aromatic rings. The highest BCUT2D eigenvalue weighted by Crippen LogP contribution is 2.38. The minimum absolute atomic E-state index is 0.0574. The third-order valence-corrected chi connectivity index (χ3v) is 3.50. The first-order valence-corrected chi connectivity index (χ1v) is 6.08. The average molecular weight is 293 g/mol. The fourth-order valence-electron chi connectivity index (χ4n) is 2.27. The molecular weight excluding hydrogens is 284 g/mol. The summed E-state index contributed by atoms with van der Waals surface area (Å²) in [5, 5.41) is 28.9. The second-order valence-electron chi connectivity index (χ2n) is 4.50. The largest absolute Gasteiger partial charge is 0.508 e. The molecule has 0 bridgehead atoms. The summed E-state index contributed by atoms with van der Waals surface area (Å²) in [6.45, 7) is 1.64. The molecular formula is C14H9ClO5. The van der Waals surface area contributed by atoms with E-state index in [1.807, 2.05) is 0 Å². The van der Waals surface area contributed by atoms with Gasteiger partial charge in [0.1, 0.15) is 33.2 Å². The first-order chi connectivity index (χ1) is 9.40. The Hall–Kier alpha value is -2.40. The van der Waals surface area contributed by atoms with Gasteiger partial charge in [0.2, 0.25) is 5.43 Å². The monoisotopic (exact) mass is 292 g/mol. The van der Waals surface area contributed by atoms with Gasteiger partial charge in [-0.15, -0.1) is 0 Å². The molecule has 0 saturated heterocycles. The average Bonchev–Trinajstić information content (AvgIpc) is 2.34. The van der Waals surface area contributed by atoms with Gasteiger partial charge in [-0.2, -0.15) is 0 Å². The number of hydrogen-bond acceptors (Lipinski definition) is 5. The van der Waals surface area contributed by atoms with Crippen molar-refractivity contribution in [2.24, 2.45) is 0 Å². The molecule has 5 nitrogen and oxygen atoms in total. The van der Waals surface area contributed by atoms with Crippen molar-refractivity contribution in [3.8, 4) is 17.2 Å². The lowest BCUT2D eigenvalue weighted by molar-refractivity contribution is 0.453. The van der Waals surface area contributed by atoms with Gasteiger partial charge >= 0.3 is 0 Å². The van der Waals surface area contributed by atoms with Crippen LogP contribution in [0.3, 0.4) is 0 Å². The van der Waals surface area contributed by atoms with E-state index in [0.29, 0.717) is 5.56 Å². The Labute approximate surface area is 117 Å². The first-order valence-electron chi connectivity index (χ1n) is 5.70. The van der Waals surface area contributed by atoms with Gasteiger partial charge in [-0.1, -0.05) is 11.6 Å². The minimum Gasteiger partial charge on any atom is -0.508 e. The summed E-state index contributed by atoms with van der Waals surface area (Å²) >= 11 is 5.89. The molecule has 0 aliphatic heterocycles. The van der Waals surface area contributed by atoms with Crippen molar-refractivity contribution in [2.45, 2.75) is 6.92 Å². The molecule has 0 aliphatic rings. The predicted molar refractivity (Wildman–Crippen MR) is 74.7 cm³/mol. The lowest BCUT2D eigenvalue weighted by atomic mass is 10.1. The zero-order valence-corrected chi connectivity index (χ0v) is 11.0. The van der Waals surface area contributed by atoms with Crippen LogP contribution in [0.25, 0.3) is 21.9 Å². The number of phenolic OH excluding ortho intramolecular Hbond substituents is 3. The topological polar surface area (TPSA) is 90.9 Å².